The Bertz CT molecular complexity index is 1140. The summed E-state index contributed by atoms with van der Waals surface area (Å²) in [4.78, 5) is 44.7. The van der Waals surface area contributed by atoms with Crippen molar-refractivity contribution in [3.05, 3.63) is 59.2 Å². The van der Waals surface area contributed by atoms with E-state index in [0.717, 1.165) is 48.2 Å². The molecular formula is C25H25N3O3. The first-order chi connectivity index (χ1) is 15.0. The molecule has 2 aromatic rings. The maximum Gasteiger partial charge on any atom is 0.250 e. The van der Waals surface area contributed by atoms with Crippen molar-refractivity contribution in [2.24, 2.45) is 11.8 Å². The second-order valence-electron chi connectivity index (χ2n) is 9.21. The van der Waals surface area contributed by atoms with Gasteiger partial charge in [0.2, 0.25) is 17.7 Å². The Morgan fingerprint density at radius 3 is 2.58 bits per heavy atom. The first-order valence-corrected chi connectivity index (χ1v) is 11.1. The van der Waals surface area contributed by atoms with Crippen molar-refractivity contribution in [1.82, 2.24) is 4.90 Å². The number of carbonyl (C=O) groups is 3. The number of carbonyl (C=O) groups excluding carboxylic acids is 3. The molecule has 4 atom stereocenters. The highest BCUT2D eigenvalue weighted by atomic mass is 16.2. The Balaban J connectivity index is 1.55. The van der Waals surface area contributed by atoms with Crippen LogP contribution in [0.5, 0.6) is 0 Å². The SMILES string of the molecule is CCc1ccc2c(c1)[C@@]1(C(=O)N2)[C@@H]2C(=O)N(c3ccc(C)cc3)C(=O)[C@@H]2[C@@H]2CCCN21. The molecule has 3 saturated heterocycles. The normalized spacial score (nSPS) is 31.4. The summed E-state index contributed by atoms with van der Waals surface area (Å²) in [7, 11) is 0. The van der Waals surface area contributed by atoms with Crippen LogP contribution in [-0.2, 0) is 26.3 Å². The van der Waals surface area contributed by atoms with Crippen LogP contribution in [0.15, 0.2) is 42.5 Å². The summed E-state index contributed by atoms with van der Waals surface area (Å²) < 4.78 is 0. The number of fused-ring (bicyclic) bond motifs is 7. The second kappa shape index (κ2) is 6.26. The number of imide groups is 1. The van der Waals surface area contributed by atoms with Crippen LogP contribution >= 0.6 is 0 Å². The van der Waals surface area contributed by atoms with Crippen LogP contribution < -0.4 is 10.2 Å². The highest BCUT2D eigenvalue weighted by Gasteiger charge is 2.74. The third-order valence-corrected chi connectivity index (χ3v) is 7.76. The summed E-state index contributed by atoms with van der Waals surface area (Å²) in [6.07, 6.45) is 2.61. The van der Waals surface area contributed by atoms with Gasteiger partial charge in [0.05, 0.1) is 17.5 Å². The lowest BCUT2D eigenvalue weighted by molar-refractivity contribution is -0.135. The van der Waals surface area contributed by atoms with E-state index in [1.807, 2.05) is 43.3 Å². The molecule has 158 valence electrons. The fraction of sp³-hybridized carbons (Fsp3) is 0.400. The summed E-state index contributed by atoms with van der Waals surface area (Å²) in [6, 6.07) is 13.4. The van der Waals surface area contributed by atoms with E-state index >= 15 is 0 Å². The van der Waals surface area contributed by atoms with Gasteiger partial charge in [0.15, 0.2) is 0 Å². The molecule has 0 bridgehead atoms. The Morgan fingerprint density at radius 2 is 1.84 bits per heavy atom. The Hall–Kier alpha value is -2.99. The minimum absolute atomic E-state index is 0.0844. The summed E-state index contributed by atoms with van der Waals surface area (Å²) in [6.45, 7) is 4.78. The zero-order valence-corrected chi connectivity index (χ0v) is 17.7. The Kier molecular flexibility index (Phi) is 3.79. The van der Waals surface area contributed by atoms with Crippen molar-refractivity contribution >= 4 is 29.1 Å². The van der Waals surface area contributed by atoms with Gasteiger partial charge in [-0.3, -0.25) is 19.3 Å². The molecule has 6 nitrogen and oxygen atoms in total. The molecule has 6 rings (SSSR count). The van der Waals surface area contributed by atoms with E-state index in [1.165, 1.54) is 4.90 Å². The van der Waals surface area contributed by atoms with Crippen molar-refractivity contribution in [2.45, 2.75) is 44.7 Å². The van der Waals surface area contributed by atoms with Gasteiger partial charge in [-0.05, 0) is 56.5 Å². The van der Waals surface area contributed by atoms with Gasteiger partial charge in [-0.2, -0.15) is 0 Å². The summed E-state index contributed by atoms with van der Waals surface area (Å²) in [5.41, 5.74) is 3.32. The molecule has 0 aliphatic carbocycles. The van der Waals surface area contributed by atoms with E-state index in [9.17, 15) is 14.4 Å². The third-order valence-electron chi connectivity index (χ3n) is 7.76. The summed E-state index contributed by atoms with van der Waals surface area (Å²) in [5.74, 6) is -1.76. The van der Waals surface area contributed by atoms with Crippen LogP contribution in [0.25, 0.3) is 0 Å². The molecule has 4 heterocycles. The van der Waals surface area contributed by atoms with E-state index in [-0.39, 0.29) is 23.8 Å². The van der Waals surface area contributed by atoms with Gasteiger partial charge in [-0.25, -0.2) is 4.90 Å². The average molecular weight is 415 g/mol. The second-order valence-corrected chi connectivity index (χ2v) is 9.21. The zero-order chi connectivity index (χ0) is 21.5. The number of hydrogen-bond acceptors (Lipinski definition) is 4. The van der Waals surface area contributed by atoms with Gasteiger partial charge in [0.25, 0.3) is 0 Å². The minimum Gasteiger partial charge on any atom is -0.324 e. The van der Waals surface area contributed by atoms with Crippen LogP contribution in [0.4, 0.5) is 11.4 Å². The lowest BCUT2D eigenvalue weighted by atomic mass is 9.75. The molecule has 1 spiro atoms. The molecule has 4 aliphatic heterocycles. The first-order valence-electron chi connectivity index (χ1n) is 11.1. The molecule has 1 N–H and O–H groups in total. The lowest BCUT2D eigenvalue weighted by Crippen LogP contribution is -2.54. The van der Waals surface area contributed by atoms with Crippen molar-refractivity contribution in [1.29, 1.82) is 0 Å². The molecule has 0 radical (unpaired) electrons. The highest BCUT2D eigenvalue weighted by molar-refractivity contribution is 6.25. The van der Waals surface area contributed by atoms with Gasteiger partial charge in [-0.15, -0.1) is 0 Å². The molecule has 6 heteroatoms. The maximum absolute atomic E-state index is 13.9. The molecule has 3 amide bonds. The monoisotopic (exact) mass is 415 g/mol. The van der Waals surface area contributed by atoms with E-state index in [4.69, 9.17) is 0 Å². The van der Waals surface area contributed by atoms with Gasteiger partial charge in [-0.1, -0.05) is 36.8 Å². The zero-order valence-electron chi connectivity index (χ0n) is 17.7. The van der Waals surface area contributed by atoms with Crippen molar-refractivity contribution in [3.63, 3.8) is 0 Å². The topological polar surface area (TPSA) is 69.7 Å². The fourth-order valence-electron chi connectivity index (χ4n) is 6.42. The minimum atomic E-state index is -1.10. The van der Waals surface area contributed by atoms with Gasteiger partial charge >= 0.3 is 0 Å². The smallest absolute Gasteiger partial charge is 0.250 e. The molecule has 31 heavy (non-hydrogen) atoms. The number of benzene rings is 2. The van der Waals surface area contributed by atoms with E-state index in [1.54, 1.807) is 0 Å². The quantitative estimate of drug-likeness (QED) is 0.766. The first kappa shape index (κ1) is 18.8. The number of amides is 3. The van der Waals surface area contributed by atoms with Crippen molar-refractivity contribution < 1.29 is 14.4 Å². The molecular weight excluding hydrogens is 390 g/mol. The molecule has 4 aliphatic rings. The van der Waals surface area contributed by atoms with Crippen LogP contribution in [0.2, 0.25) is 0 Å². The third kappa shape index (κ3) is 2.18. The predicted molar refractivity (Wildman–Crippen MR) is 117 cm³/mol. The lowest BCUT2D eigenvalue weighted by Gasteiger charge is -2.36. The Morgan fingerprint density at radius 1 is 1.06 bits per heavy atom. The number of nitrogens with zero attached hydrogens (tertiary/aromatic N) is 2. The van der Waals surface area contributed by atoms with Crippen LogP contribution in [0, 0.1) is 18.8 Å². The van der Waals surface area contributed by atoms with Crippen molar-refractivity contribution in [3.8, 4) is 0 Å². The Labute approximate surface area is 181 Å². The molecule has 0 unspecified atom stereocenters. The van der Waals surface area contributed by atoms with Gasteiger partial charge in [0.1, 0.15) is 5.54 Å². The largest absolute Gasteiger partial charge is 0.324 e. The summed E-state index contributed by atoms with van der Waals surface area (Å²) in [5, 5.41) is 3.04. The molecule has 2 aromatic carbocycles. The van der Waals surface area contributed by atoms with Gasteiger partial charge in [0, 0.05) is 17.3 Å². The number of hydrogen-bond donors (Lipinski definition) is 1. The molecule has 0 saturated carbocycles. The number of rotatable bonds is 2. The van der Waals surface area contributed by atoms with Gasteiger partial charge < -0.3 is 5.32 Å². The van der Waals surface area contributed by atoms with Crippen LogP contribution in [0.1, 0.15) is 36.5 Å². The molecule has 3 fully saturated rings. The van der Waals surface area contributed by atoms with E-state index < -0.39 is 17.4 Å². The fourth-order valence-corrected chi connectivity index (χ4v) is 6.42. The van der Waals surface area contributed by atoms with E-state index in [0.29, 0.717) is 5.69 Å². The highest BCUT2D eigenvalue weighted by Crippen LogP contribution is 2.60. The number of anilines is 2. The maximum atomic E-state index is 13.9. The average Bonchev–Trinajstić information content (AvgIpc) is 3.47. The van der Waals surface area contributed by atoms with E-state index in [2.05, 4.69) is 23.2 Å². The number of nitrogens with one attached hydrogen (secondary N) is 1. The predicted octanol–water partition coefficient (Wildman–Crippen LogP) is 2.99. The van der Waals surface area contributed by atoms with Crippen molar-refractivity contribution in [2.75, 3.05) is 16.8 Å². The summed E-state index contributed by atoms with van der Waals surface area (Å²) >= 11 is 0. The molecule has 0 aromatic heterocycles. The van der Waals surface area contributed by atoms with Crippen LogP contribution in [-0.4, -0.2) is 35.2 Å². The van der Waals surface area contributed by atoms with Crippen LogP contribution in [0.3, 0.4) is 0 Å². The number of aryl methyl sites for hydroxylation is 2. The standard InChI is InChI=1S/C25H25N3O3/c1-3-15-8-11-18-17(13-15)25(24(31)26-18)21-20(19-5-4-12-27(19)25)22(29)28(23(21)30)16-9-6-14(2)7-10-16/h6-11,13,19-21H,3-5,12H2,1-2H3,(H,26,31)/t19-,20+,21-,25-/m0/s1.